The Hall–Kier alpha value is -3.27. The number of aromatic nitrogens is 4. The van der Waals surface area contributed by atoms with E-state index >= 15 is 0 Å². The number of rotatable bonds is 5. The second-order valence-electron chi connectivity index (χ2n) is 7.67. The number of nitrogens with one attached hydrogen (secondary N) is 3. The Balaban J connectivity index is 1.80. The molecule has 10 nitrogen and oxygen atoms in total. The van der Waals surface area contributed by atoms with Crippen LogP contribution < -0.4 is 10.6 Å². The average molecular weight is 435 g/mol. The van der Waals surface area contributed by atoms with Gasteiger partial charge >= 0.3 is 6.09 Å². The van der Waals surface area contributed by atoms with Crippen LogP contribution in [0.1, 0.15) is 32.9 Å². The second kappa shape index (κ2) is 8.23. The first kappa shape index (κ1) is 21.4. The number of H-pyrrole nitrogens is 1. The molecule has 0 unspecified atom stereocenters. The minimum Gasteiger partial charge on any atom is -0.507 e. The molecule has 0 aliphatic heterocycles. The van der Waals surface area contributed by atoms with Crippen molar-refractivity contribution in [1.29, 1.82) is 0 Å². The summed E-state index contributed by atoms with van der Waals surface area (Å²) in [5.41, 5.74) is 1.82. The van der Waals surface area contributed by atoms with Crippen molar-refractivity contribution in [3.63, 3.8) is 0 Å². The van der Waals surface area contributed by atoms with Crippen molar-refractivity contribution >= 4 is 34.9 Å². The van der Waals surface area contributed by atoms with E-state index in [1.807, 2.05) is 20.8 Å². The fourth-order valence-corrected chi connectivity index (χ4v) is 3.22. The van der Waals surface area contributed by atoms with E-state index in [9.17, 15) is 14.7 Å². The number of halogens is 1. The lowest BCUT2D eigenvalue weighted by molar-refractivity contribution is -0.116. The predicted molar refractivity (Wildman–Crippen MR) is 112 cm³/mol. The van der Waals surface area contributed by atoms with Gasteiger partial charge in [-0.3, -0.25) is 9.89 Å². The number of aromatic amines is 1. The Kier molecular flexibility index (Phi) is 5.88. The standard InChI is InChI=1S/C19H23ClN6O4/c1-19(2,3)15-14(20)17-23-16(25-26(17)24-15)11-9-10(5-6-12(11)27)22-13(28)7-8-21-18(29)30-4/h5-6,9,24,27H,7-8H2,1-4H3,(H,21,29)(H,22,28). The Morgan fingerprint density at radius 2 is 2.07 bits per heavy atom. The molecule has 0 saturated heterocycles. The predicted octanol–water partition coefficient (Wildman–Crippen LogP) is 3.07. The highest BCUT2D eigenvalue weighted by molar-refractivity contribution is 6.34. The number of hydrogen-bond acceptors (Lipinski definition) is 6. The molecule has 0 fully saturated rings. The Labute approximate surface area is 177 Å². The van der Waals surface area contributed by atoms with Crippen LogP contribution in [0.2, 0.25) is 5.02 Å². The van der Waals surface area contributed by atoms with Gasteiger partial charge in [-0.2, -0.15) is 4.63 Å². The fourth-order valence-electron chi connectivity index (χ4n) is 2.78. The molecule has 3 aromatic rings. The Morgan fingerprint density at radius 1 is 1.33 bits per heavy atom. The first-order valence-corrected chi connectivity index (χ1v) is 9.57. The zero-order chi connectivity index (χ0) is 22.1. The van der Waals surface area contributed by atoms with Gasteiger partial charge in [0.25, 0.3) is 0 Å². The molecule has 0 aliphatic rings. The molecule has 2 aromatic heterocycles. The van der Waals surface area contributed by atoms with Crippen LogP contribution in [0.15, 0.2) is 18.2 Å². The number of hydrogen-bond donors (Lipinski definition) is 4. The van der Waals surface area contributed by atoms with E-state index in [2.05, 4.69) is 30.6 Å². The van der Waals surface area contributed by atoms with Gasteiger partial charge in [-0.05, 0) is 18.2 Å². The molecule has 3 rings (SSSR count). The van der Waals surface area contributed by atoms with Crippen LogP contribution in [0.5, 0.6) is 5.75 Å². The third-order valence-corrected chi connectivity index (χ3v) is 4.68. The van der Waals surface area contributed by atoms with Gasteiger partial charge in [0.15, 0.2) is 11.5 Å². The molecule has 0 spiro atoms. The van der Waals surface area contributed by atoms with Crippen LogP contribution in [0, 0.1) is 0 Å². The van der Waals surface area contributed by atoms with Gasteiger partial charge in [0.2, 0.25) is 5.91 Å². The number of carbonyl (C=O) groups is 2. The summed E-state index contributed by atoms with van der Waals surface area (Å²) in [4.78, 5) is 27.5. The summed E-state index contributed by atoms with van der Waals surface area (Å²) in [5.74, 6) is -0.101. The number of anilines is 1. The molecule has 0 radical (unpaired) electrons. The monoisotopic (exact) mass is 434 g/mol. The zero-order valence-corrected chi connectivity index (χ0v) is 17.8. The smallest absolute Gasteiger partial charge is 0.406 e. The third kappa shape index (κ3) is 4.48. The first-order valence-electron chi connectivity index (χ1n) is 9.20. The van der Waals surface area contributed by atoms with Crippen molar-refractivity contribution in [3.8, 4) is 17.1 Å². The lowest BCUT2D eigenvalue weighted by Gasteiger charge is -2.16. The Morgan fingerprint density at radius 3 is 2.70 bits per heavy atom. The minimum atomic E-state index is -0.607. The molecule has 0 atom stereocenters. The molecule has 2 heterocycles. The zero-order valence-electron chi connectivity index (χ0n) is 17.0. The summed E-state index contributed by atoms with van der Waals surface area (Å²) < 4.78 is 5.90. The number of alkyl carbamates (subject to hydrolysis) is 1. The Bertz CT molecular complexity index is 1100. The second-order valence-corrected chi connectivity index (χ2v) is 8.05. The maximum atomic E-state index is 12.1. The molecule has 11 heteroatoms. The van der Waals surface area contributed by atoms with Gasteiger partial charge in [-0.25, -0.2) is 9.78 Å². The quantitative estimate of drug-likeness (QED) is 0.456. The summed E-state index contributed by atoms with van der Waals surface area (Å²) in [6.45, 7) is 6.18. The number of phenolic OH excluding ortho intramolecular Hbond substituents is 1. The number of carbonyl (C=O) groups excluding carboxylic acids is 2. The van der Waals surface area contributed by atoms with E-state index in [4.69, 9.17) is 11.6 Å². The van der Waals surface area contributed by atoms with Gasteiger partial charge in [0.1, 0.15) is 10.8 Å². The van der Waals surface area contributed by atoms with Crippen LogP contribution in [-0.4, -0.2) is 50.6 Å². The summed E-state index contributed by atoms with van der Waals surface area (Å²) in [6.07, 6.45) is -0.549. The number of methoxy groups -OCH3 is 1. The summed E-state index contributed by atoms with van der Waals surface area (Å²) in [6, 6.07) is 4.56. The maximum absolute atomic E-state index is 12.1. The number of phenols is 1. The van der Waals surface area contributed by atoms with Crippen molar-refractivity contribution in [2.24, 2.45) is 0 Å². The molecule has 0 bridgehead atoms. The SMILES string of the molecule is COC(=O)NCCC(=O)Nc1ccc(O)c(-c2nc3c(Cl)c(C(C)(C)C)[nH]n3n2)c1. The molecule has 0 aliphatic carbocycles. The third-order valence-electron chi connectivity index (χ3n) is 4.32. The van der Waals surface area contributed by atoms with Crippen molar-refractivity contribution in [1.82, 2.24) is 25.1 Å². The number of amides is 2. The highest BCUT2D eigenvalue weighted by Gasteiger charge is 2.25. The molecular weight excluding hydrogens is 412 g/mol. The summed E-state index contributed by atoms with van der Waals surface area (Å²) in [7, 11) is 1.25. The number of aromatic hydroxyl groups is 1. The van der Waals surface area contributed by atoms with Crippen molar-refractivity contribution in [2.75, 3.05) is 19.0 Å². The highest BCUT2D eigenvalue weighted by atomic mass is 35.5. The lowest BCUT2D eigenvalue weighted by atomic mass is 9.92. The highest BCUT2D eigenvalue weighted by Crippen LogP contribution is 2.34. The van der Waals surface area contributed by atoms with E-state index in [0.717, 1.165) is 5.69 Å². The molecule has 4 N–H and O–H groups in total. The molecular formula is C19H23ClN6O4. The van der Waals surface area contributed by atoms with Gasteiger partial charge in [-0.15, -0.1) is 5.10 Å². The molecule has 0 saturated carbocycles. The lowest BCUT2D eigenvalue weighted by Crippen LogP contribution is -2.27. The number of nitrogens with zero attached hydrogens (tertiary/aromatic N) is 3. The molecule has 1 aromatic carbocycles. The van der Waals surface area contributed by atoms with Crippen LogP contribution in [-0.2, 0) is 14.9 Å². The molecule has 160 valence electrons. The van der Waals surface area contributed by atoms with E-state index in [1.165, 1.54) is 17.8 Å². The summed E-state index contributed by atoms with van der Waals surface area (Å²) >= 11 is 6.45. The van der Waals surface area contributed by atoms with Crippen molar-refractivity contribution in [3.05, 3.63) is 28.9 Å². The number of fused-ring (bicyclic) bond motifs is 1. The minimum absolute atomic E-state index is 0.0409. The number of ether oxygens (including phenoxy) is 1. The van der Waals surface area contributed by atoms with Crippen LogP contribution in [0.4, 0.5) is 10.5 Å². The van der Waals surface area contributed by atoms with Gasteiger partial charge in [-0.1, -0.05) is 32.4 Å². The van der Waals surface area contributed by atoms with Gasteiger partial charge in [0.05, 0.1) is 18.4 Å². The van der Waals surface area contributed by atoms with Gasteiger partial charge < -0.3 is 20.5 Å². The van der Waals surface area contributed by atoms with E-state index < -0.39 is 6.09 Å². The van der Waals surface area contributed by atoms with Crippen molar-refractivity contribution < 1.29 is 19.4 Å². The van der Waals surface area contributed by atoms with Gasteiger partial charge in [0, 0.05) is 24.1 Å². The molecule has 2 amide bonds. The van der Waals surface area contributed by atoms with Crippen LogP contribution >= 0.6 is 11.6 Å². The number of benzene rings is 1. The van der Waals surface area contributed by atoms with E-state index in [-0.39, 0.29) is 35.9 Å². The normalized spacial score (nSPS) is 11.5. The first-order chi connectivity index (χ1) is 14.1. The largest absolute Gasteiger partial charge is 0.507 e. The van der Waals surface area contributed by atoms with Crippen LogP contribution in [0.25, 0.3) is 17.0 Å². The molecule has 30 heavy (non-hydrogen) atoms. The topological polar surface area (TPSA) is 134 Å². The van der Waals surface area contributed by atoms with E-state index in [0.29, 0.717) is 21.9 Å². The van der Waals surface area contributed by atoms with E-state index in [1.54, 1.807) is 12.1 Å². The fraction of sp³-hybridized carbons (Fsp3) is 0.368. The summed E-state index contributed by atoms with van der Waals surface area (Å²) in [5, 5.41) is 23.3. The average Bonchev–Trinajstić information content (AvgIpc) is 3.22. The van der Waals surface area contributed by atoms with Crippen molar-refractivity contribution in [2.45, 2.75) is 32.6 Å². The maximum Gasteiger partial charge on any atom is 0.406 e. The van der Waals surface area contributed by atoms with Crippen LogP contribution in [0.3, 0.4) is 0 Å².